The van der Waals surface area contributed by atoms with Crippen LogP contribution in [0.4, 0.5) is 5.95 Å². The first-order valence-electron chi connectivity index (χ1n) is 6.31. The Balaban J connectivity index is 2.06. The van der Waals surface area contributed by atoms with Crippen molar-refractivity contribution in [1.82, 2.24) is 15.2 Å². The molecular weight excluding hydrogens is 230 g/mol. The largest absolute Gasteiger partial charge is 0.329 e. The van der Waals surface area contributed by atoms with Crippen LogP contribution < -0.4 is 11.1 Å². The van der Waals surface area contributed by atoms with Crippen molar-refractivity contribution in [3.05, 3.63) is 12.4 Å². The van der Waals surface area contributed by atoms with Crippen LogP contribution in [0, 0.1) is 11.3 Å². The quantitative estimate of drug-likeness (QED) is 0.832. The number of hydrogen-bond acceptors (Lipinski definition) is 5. The maximum atomic E-state index is 12.3. The van der Waals surface area contributed by atoms with Gasteiger partial charge in [-0.05, 0) is 31.6 Å². The van der Waals surface area contributed by atoms with E-state index in [4.69, 9.17) is 5.73 Å². The Morgan fingerprint density at radius 3 is 2.78 bits per heavy atom. The van der Waals surface area contributed by atoms with E-state index in [1.54, 1.807) is 0 Å². The van der Waals surface area contributed by atoms with Gasteiger partial charge in [0.05, 0.1) is 17.8 Å². The maximum absolute atomic E-state index is 12.3. The monoisotopic (exact) mass is 249 g/mol. The normalized spacial score (nSPS) is 27.8. The predicted octanol–water partition coefficient (Wildman–Crippen LogP) is 0.965. The predicted molar refractivity (Wildman–Crippen MR) is 67.6 cm³/mol. The number of carbonyl (C=O) groups excluding carboxylic acids is 1. The molecule has 2 rings (SSSR count). The minimum Gasteiger partial charge on any atom is -0.329 e. The number of aromatic nitrogens is 3. The summed E-state index contributed by atoms with van der Waals surface area (Å²) in [6.07, 6.45) is 6.71. The maximum Gasteiger partial charge on any atom is 0.249 e. The SMILES string of the molecule is CC1CCC(CN)(C(=O)Nc2nccnn2)CC1. The molecule has 18 heavy (non-hydrogen) atoms. The zero-order chi connectivity index (χ0) is 13.0. The van der Waals surface area contributed by atoms with Gasteiger partial charge in [0, 0.05) is 6.54 Å². The average molecular weight is 249 g/mol. The van der Waals surface area contributed by atoms with E-state index in [0.717, 1.165) is 25.7 Å². The molecule has 0 unspecified atom stereocenters. The van der Waals surface area contributed by atoms with E-state index in [1.807, 2.05) is 0 Å². The number of nitrogens with two attached hydrogens (primary N) is 1. The second-order valence-electron chi connectivity index (χ2n) is 5.09. The third kappa shape index (κ3) is 2.64. The van der Waals surface area contributed by atoms with E-state index in [2.05, 4.69) is 27.4 Å². The Labute approximate surface area is 106 Å². The molecular formula is C12H19N5O. The van der Waals surface area contributed by atoms with E-state index in [0.29, 0.717) is 12.5 Å². The van der Waals surface area contributed by atoms with Gasteiger partial charge in [0.2, 0.25) is 11.9 Å². The average Bonchev–Trinajstić information content (AvgIpc) is 2.41. The molecule has 1 heterocycles. The van der Waals surface area contributed by atoms with Crippen LogP contribution >= 0.6 is 0 Å². The zero-order valence-electron chi connectivity index (χ0n) is 10.6. The molecule has 0 atom stereocenters. The summed E-state index contributed by atoms with van der Waals surface area (Å²) in [5.41, 5.74) is 5.35. The van der Waals surface area contributed by atoms with Crippen molar-refractivity contribution in [2.24, 2.45) is 17.1 Å². The van der Waals surface area contributed by atoms with E-state index in [-0.39, 0.29) is 11.9 Å². The molecule has 1 aliphatic carbocycles. The number of nitrogens with zero attached hydrogens (tertiary/aromatic N) is 3. The number of hydrogen-bond donors (Lipinski definition) is 2. The third-order valence-electron chi connectivity index (χ3n) is 3.81. The highest BCUT2D eigenvalue weighted by Gasteiger charge is 2.40. The van der Waals surface area contributed by atoms with E-state index in [9.17, 15) is 4.79 Å². The van der Waals surface area contributed by atoms with Gasteiger partial charge in [0.25, 0.3) is 0 Å². The lowest BCUT2D eigenvalue weighted by molar-refractivity contribution is -0.127. The Bertz CT molecular complexity index is 400. The summed E-state index contributed by atoms with van der Waals surface area (Å²) in [6.45, 7) is 2.58. The first kappa shape index (κ1) is 12.9. The Hall–Kier alpha value is -1.56. The minimum atomic E-state index is -0.467. The summed E-state index contributed by atoms with van der Waals surface area (Å²) in [5, 5.41) is 10.2. The molecule has 1 aromatic rings. The minimum absolute atomic E-state index is 0.0788. The van der Waals surface area contributed by atoms with Crippen molar-refractivity contribution in [2.45, 2.75) is 32.6 Å². The summed E-state index contributed by atoms with van der Waals surface area (Å²) in [6, 6.07) is 0. The number of amides is 1. The molecule has 0 saturated heterocycles. The number of anilines is 1. The lowest BCUT2D eigenvalue weighted by Crippen LogP contribution is -2.45. The molecule has 98 valence electrons. The molecule has 1 amide bonds. The third-order valence-corrected chi connectivity index (χ3v) is 3.81. The van der Waals surface area contributed by atoms with Crippen molar-refractivity contribution in [3.8, 4) is 0 Å². The van der Waals surface area contributed by atoms with Crippen molar-refractivity contribution >= 4 is 11.9 Å². The van der Waals surface area contributed by atoms with Gasteiger partial charge in [-0.1, -0.05) is 6.92 Å². The summed E-state index contributed by atoms with van der Waals surface area (Å²) >= 11 is 0. The van der Waals surface area contributed by atoms with Crippen LogP contribution in [0.15, 0.2) is 12.4 Å². The van der Waals surface area contributed by atoms with Crippen LogP contribution in [0.3, 0.4) is 0 Å². The fraction of sp³-hybridized carbons (Fsp3) is 0.667. The highest BCUT2D eigenvalue weighted by Crippen LogP contribution is 2.38. The van der Waals surface area contributed by atoms with Crippen LogP contribution in [0.2, 0.25) is 0 Å². The zero-order valence-corrected chi connectivity index (χ0v) is 10.6. The van der Waals surface area contributed by atoms with Gasteiger partial charge in [-0.15, -0.1) is 5.10 Å². The van der Waals surface area contributed by atoms with Crippen LogP contribution in [-0.4, -0.2) is 27.6 Å². The van der Waals surface area contributed by atoms with E-state index in [1.165, 1.54) is 12.4 Å². The molecule has 1 fully saturated rings. The summed E-state index contributed by atoms with van der Waals surface area (Å²) in [5.74, 6) is 0.839. The molecule has 0 aliphatic heterocycles. The van der Waals surface area contributed by atoms with Gasteiger partial charge in [0.1, 0.15) is 0 Å². The van der Waals surface area contributed by atoms with Crippen molar-refractivity contribution in [2.75, 3.05) is 11.9 Å². The molecule has 3 N–H and O–H groups in total. The molecule has 1 saturated carbocycles. The topological polar surface area (TPSA) is 93.8 Å². The van der Waals surface area contributed by atoms with Gasteiger partial charge in [-0.3, -0.25) is 10.1 Å². The first-order valence-corrected chi connectivity index (χ1v) is 6.31. The van der Waals surface area contributed by atoms with Crippen LogP contribution in [0.25, 0.3) is 0 Å². The van der Waals surface area contributed by atoms with Gasteiger partial charge in [-0.2, -0.15) is 5.10 Å². The fourth-order valence-electron chi connectivity index (χ4n) is 2.38. The highest BCUT2D eigenvalue weighted by molar-refractivity contribution is 5.94. The van der Waals surface area contributed by atoms with Crippen molar-refractivity contribution in [1.29, 1.82) is 0 Å². The Morgan fingerprint density at radius 2 is 2.22 bits per heavy atom. The van der Waals surface area contributed by atoms with Crippen molar-refractivity contribution < 1.29 is 4.79 Å². The van der Waals surface area contributed by atoms with Gasteiger partial charge in [0.15, 0.2) is 0 Å². The molecule has 1 aromatic heterocycles. The molecule has 6 nitrogen and oxygen atoms in total. The second-order valence-corrected chi connectivity index (χ2v) is 5.09. The summed E-state index contributed by atoms with van der Waals surface area (Å²) in [7, 11) is 0. The van der Waals surface area contributed by atoms with Gasteiger partial charge in [-0.25, -0.2) is 4.98 Å². The van der Waals surface area contributed by atoms with Crippen LogP contribution in [0.1, 0.15) is 32.6 Å². The summed E-state index contributed by atoms with van der Waals surface area (Å²) in [4.78, 5) is 16.3. The van der Waals surface area contributed by atoms with E-state index >= 15 is 0 Å². The molecule has 0 spiro atoms. The standard InChI is InChI=1S/C12H19N5O/c1-9-2-4-12(8-13,5-3-9)10(18)16-11-14-6-7-15-17-11/h6-7,9H,2-5,8,13H2,1H3,(H,14,16,17,18). The molecule has 1 aliphatic rings. The summed E-state index contributed by atoms with van der Waals surface area (Å²) < 4.78 is 0. The van der Waals surface area contributed by atoms with Crippen LogP contribution in [-0.2, 0) is 4.79 Å². The number of carbonyl (C=O) groups is 1. The molecule has 6 heteroatoms. The number of rotatable bonds is 3. The van der Waals surface area contributed by atoms with E-state index < -0.39 is 5.41 Å². The van der Waals surface area contributed by atoms with Gasteiger partial charge >= 0.3 is 0 Å². The Kier molecular flexibility index (Phi) is 3.86. The number of nitrogens with one attached hydrogen (secondary N) is 1. The lowest BCUT2D eigenvalue weighted by atomic mass is 9.70. The highest BCUT2D eigenvalue weighted by atomic mass is 16.2. The smallest absolute Gasteiger partial charge is 0.249 e. The first-order chi connectivity index (χ1) is 8.66. The molecule has 0 aromatic carbocycles. The molecule has 0 radical (unpaired) electrons. The van der Waals surface area contributed by atoms with Gasteiger partial charge < -0.3 is 5.73 Å². The van der Waals surface area contributed by atoms with Crippen LogP contribution in [0.5, 0.6) is 0 Å². The molecule has 0 bridgehead atoms. The van der Waals surface area contributed by atoms with Crippen molar-refractivity contribution in [3.63, 3.8) is 0 Å². The second kappa shape index (κ2) is 5.39. The lowest BCUT2D eigenvalue weighted by Gasteiger charge is -2.36. The Morgan fingerprint density at radius 1 is 1.50 bits per heavy atom. The fourth-order valence-corrected chi connectivity index (χ4v) is 2.38.